The van der Waals surface area contributed by atoms with Gasteiger partial charge in [0.1, 0.15) is 0 Å². The third kappa shape index (κ3) is 3.26. The van der Waals surface area contributed by atoms with Crippen LogP contribution >= 0.6 is 23.1 Å². The number of thioether (sulfide) groups is 1. The van der Waals surface area contributed by atoms with Crippen molar-refractivity contribution >= 4 is 28.3 Å². The van der Waals surface area contributed by atoms with Gasteiger partial charge < -0.3 is 5.32 Å². The number of hydrogen-bond acceptors (Lipinski definition) is 3. The molecule has 0 aromatic carbocycles. The highest BCUT2D eigenvalue weighted by Gasteiger charge is 2.22. The van der Waals surface area contributed by atoms with Crippen molar-refractivity contribution in [3.05, 3.63) is 21.4 Å². The van der Waals surface area contributed by atoms with Crippen LogP contribution in [0, 0.1) is 19.8 Å². The minimum Gasteiger partial charge on any atom is -0.361 e. The van der Waals surface area contributed by atoms with Gasteiger partial charge in [0.05, 0.1) is 6.54 Å². The van der Waals surface area contributed by atoms with Crippen LogP contribution in [0.1, 0.15) is 29.2 Å². The molecule has 2 heterocycles. The summed E-state index contributed by atoms with van der Waals surface area (Å²) in [5, 5.41) is 4.62. The Balaban J connectivity index is 1.93. The normalized spacial score (nSPS) is 22.4. The quantitative estimate of drug-likeness (QED) is 0.906. The van der Waals surface area contributed by atoms with Crippen LogP contribution in [0.2, 0.25) is 0 Å². The van der Waals surface area contributed by atoms with Gasteiger partial charge in [-0.2, -0.15) is 0 Å². The lowest BCUT2D eigenvalue weighted by Crippen LogP contribution is -2.31. The molecule has 0 aliphatic carbocycles. The maximum absolute atomic E-state index is 4.66. The van der Waals surface area contributed by atoms with Gasteiger partial charge >= 0.3 is 0 Å². The van der Waals surface area contributed by atoms with Crippen molar-refractivity contribution in [2.45, 2.75) is 40.3 Å². The number of aryl methyl sites for hydroxylation is 2. The fraction of sp³-hybridized carbons (Fsp3) is 0.615. The Morgan fingerprint density at radius 1 is 1.47 bits per heavy atom. The van der Waals surface area contributed by atoms with E-state index in [1.54, 1.807) is 0 Å². The lowest BCUT2D eigenvalue weighted by Gasteiger charge is -2.12. The molecule has 1 atom stereocenters. The van der Waals surface area contributed by atoms with Gasteiger partial charge in [-0.1, -0.05) is 25.6 Å². The second-order valence-electron chi connectivity index (χ2n) is 4.88. The molecule has 1 aromatic heterocycles. The van der Waals surface area contributed by atoms with Gasteiger partial charge in [0.25, 0.3) is 0 Å². The zero-order valence-corrected chi connectivity index (χ0v) is 12.5. The Morgan fingerprint density at radius 2 is 2.24 bits per heavy atom. The summed E-state index contributed by atoms with van der Waals surface area (Å²) in [6.45, 7) is 9.67. The first kappa shape index (κ1) is 13.0. The molecule has 1 saturated heterocycles. The van der Waals surface area contributed by atoms with Crippen LogP contribution < -0.4 is 5.32 Å². The summed E-state index contributed by atoms with van der Waals surface area (Å²) in [5.41, 5.74) is 1.39. The summed E-state index contributed by atoms with van der Waals surface area (Å²) in [6.07, 6.45) is 0. The molecule has 94 valence electrons. The fourth-order valence-corrected chi connectivity index (χ4v) is 3.91. The molecule has 0 bridgehead atoms. The van der Waals surface area contributed by atoms with Crippen molar-refractivity contribution in [3.8, 4) is 0 Å². The smallest absolute Gasteiger partial charge is 0.157 e. The van der Waals surface area contributed by atoms with Gasteiger partial charge in [-0.15, -0.1) is 11.3 Å². The van der Waals surface area contributed by atoms with E-state index in [1.807, 2.05) is 23.1 Å². The van der Waals surface area contributed by atoms with E-state index in [4.69, 9.17) is 0 Å². The Morgan fingerprint density at radius 3 is 2.76 bits per heavy atom. The SMILES string of the molecule is Cc1cc(CN=C2NC(C(C)C)CS2)sc1C. The molecule has 1 aliphatic heterocycles. The largest absolute Gasteiger partial charge is 0.361 e. The zero-order chi connectivity index (χ0) is 12.4. The third-order valence-electron chi connectivity index (χ3n) is 3.11. The van der Waals surface area contributed by atoms with Crippen LogP contribution in [0.3, 0.4) is 0 Å². The van der Waals surface area contributed by atoms with E-state index >= 15 is 0 Å². The predicted molar refractivity (Wildman–Crippen MR) is 79.2 cm³/mol. The highest BCUT2D eigenvalue weighted by molar-refractivity contribution is 8.14. The minimum atomic E-state index is 0.588. The number of hydrogen-bond donors (Lipinski definition) is 1. The molecule has 0 spiro atoms. The number of thiophene rings is 1. The summed E-state index contributed by atoms with van der Waals surface area (Å²) in [4.78, 5) is 7.43. The molecule has 2 nitrogen and oxygen atoms in total. The first-order valence-electron chi connectivity index (χ1n) is 6.06. The Labute approximate surface area is 112 Å². The molecule has 0 saturated carbocycles. The van der Waals surface area contributed by atoms with Gasteiger partial charge in [0, 0.05) is 21.5 Å². The highest BCUT2D eigenvalue weighted by Crippen LogP contribution is 2.23. The minimum absolute atomic E-state index is 0.588. The number of rotatable bonds is 3. The molecule has 2 rings (SSSR count). The van der Waals surface area contributed by atoms with Gasteiger partial charge in [-0.25, -0.2) is 0 Å². The summed E-state index contributed by atoms with van der Waals surface area (Å²) in [7, 11) is 0. The van der Waals surface area contributed by atoms with Crippen molar-refractivity contribution in [1.29, 1.82) is 0 Å². The molecule has 1 aliphatic rings. The van der Waals surface area contributed by atoms with Crippen LogP contribution in [-0.4, -0.2) is 17.0 Å². The van der Waals surface area contributed by atoms with Crippen LogP contribution in [0.4, 0.5) is 0 Å². The van der Waals surface area contributed by atoms with E-state index in [9.17, 15) is 0 Å². The second kappa shape index (κ2) is 5.44. The molecular formula is C13H20N2S2. The lowest BCUT2D eigenvalue weighted by atomic mass is 10.1. The molecule has 1 N–H and O–H groups in total. The molecule has 1 fully saturated rings. The first-order chi connectivity index (χ1) is 8.06. The molecule has 17 heavy (non-hydrogen) atoms. The number of aliphatic imine (C=N–C) groups is 1. The maximum Gasteiger partial charge on any atom is 0.157 e. The summed E-state index contributed by atoms with van der Waals surface area (Å²) < 4.78 is 0. The van der Waals surface area contributed by atoms with E-state index in [0.29, 0.717) is 12.0 Å². The van der Waals surface area contributed by atoms with Gasteiger partial charge in [0.2, 0.25) is 0 Å². The number of nitrogens with one attached hydrogen (secondary N) is 1. The molecule has 4 heteroatoms. The van der Waals surface area contributed by atoms with Crippen LogP contribution in [-0.2, 0) is 6.54 Å². The van der Waals surface area contributed by atoms with E-state index in [2.05, 4.69) is 44.1 Å². The van der Waals surface area contributed by atoms with Crippen molar-refractivity contribution in [2.24, 2.45) is 10.9 Å². The summed E-state index contributed by atoms with van der Waals surface area (Å²) in [6, 6.07) is 2.84. The second-order valence-corrected chi connectivity index (χ2v) is 7.23. The van der Waals surface area contributed by atoms with E-state index in [0.717, 1.165) is 17.5 Å². The number of nitrogens with zero attached hydrogens (tertiary/aromatic N) is 1. The van der Waals surface area contributed by atoms with Crippen LogP contribution in [0.5, 0.6) is 0 Å². The molecule has 0 radical (unpaired) electrons. The Kier molecular flexibility index (Phi) is 4.15. The average molecular weight is 268 g/mol. The molecule has 0 amide bonds. The van der Waals surface area contributed by atoms with Crippen LogP contribution in [0.15, 0.2) is 11.1 Å². The molecule has 1 unspecified atom stereocenters. The zero-order valence-electron chi connectivity index (χ0n) is 10.9. The monoisotopic (exact) mass is 268 g/mol. The first-order valence-corrected chi connectivity index (χ1v) is 7.86. The maximum atomic E-state index is 4.66. The van der Waals surface area contributed by atoms with Crippen LogP contribution in [0.25, 0.3) is 0 Å². The Bertz CT molecular complexity index is 402. The van der Waals surface area contributed by atoms with Crippen molar-refractivity contribution in [1.82, 2.24) is 5.32 Å². The highest BCUT2D eigenvalue weighted by atomic mass is 32.2. The summed E-state index contributed by atoms with van der Waals surface area (Å²) in [5.74, 6) is 1.83. The van der Waals surface area contributed by atoms with E-state index in [1.165, 1.54) is 15.3 Å². The predicted octanol–water partition coefficient (Wildman–Crippen LogP) is 3.58. The third-order valence-corrected chi connectivity index (χ3v) is 5.29. The van der Waals surface area contributed by atoms with Crippen molar-refractivity contribution in [2.75, 3.05) is 5.75 Å². The molecular weight excluding hydrogens is 248 g/mol. The van der Waals surface area contributed by atoms with Gasteiger partial charge in [-0.05, 0) is 31.4 Å². The topological polar surface area (TPSA) is 24.4 Å². The average Bonchev–Trinajstić information content (AvgIpc) is 2.84. The van der Waals surface area contributed by atoms with E-state index < -0.39 is 0 Å². The van der Waals surface area contributed by atoms with Gasteiger partial charge in [0.15, 0.2) is 5.17 Å². The fourth-order valence-electron chi connectivity index (χ4n) is 1.74. The lowest BCUT2D eigenvalue weighted by molar-refractivity contribution is 0.503. The van der Waals surface area contributed by atoms with Gasteiger partial charge in [-0.3, -0.25) is 4.99 Å². The van der Waals surface area contributed by atoms with Crippen molar-refractivity contribution in [3.63, 3.8) is 0 Å². The number of amidine groups is 1. The summed E-state index contributed by atoms with van der Waals surface area (Å²) >= 11 is 3.71. The Hall–Kier alpha value is -0.480. The molecule has 1 aromatic rings. The standard InChI is InChI=1S/C13H20N2S2/c1-8(2)12-7-16-13(15-12)14-6-11-5-9(3)10(4)17-11/h5,8,12H,6-7H2,1-4H3,(H,14,15). The van der Waals surface area contributed by atoms with Crippen molar-refractivity contribution < 1.29 is 0 Å². The van der Waals surface area contributed by atoms with E-state index in [-0.39, 0.29) is 0 Å².